The Morgan fingerprint density at radius 1 is 0.964 bits per heavy atom. The number of carboxylic acid groups (broad SMARTS) is 1. The third kappa shape index (κ3) is 4.12. The van der Waals surface area contributed by atoms with Gasteiger partial charge in [-0.15, -0.1) is 0 Å². The Labute approximate surface area is 168 Å². The monoisotopic (exact) mass is 442 g/mol. The lowest BCUT2D eigenvalue weighted by Gasteiger charge is -2.12. The molecular formula is C20H15BrN2O5. The number of aryl methyl sites for hydroxylation is 1. The molecule has 0 fully saturated rings. The molecule has 142 valence electrons. The minimum atomic E-state index is -1.15. The predicted octanol–water partition coefficient (Wildman–Crippen LogP) is 4.55. The quantitative estimate of drug-likeness (QED) is 0.536. The van der Waals surface area contributed by atoms with Crippen molar-refractivity contribution in [2.75, 3.05) is 10.6 Å². The van der Waals surface area contributed by atoms with Crippen LogP contribution in [0.15, 0.2) is 63.7 Å². The molecule has 7 nitrogen and oxygen atoms in total. The van der Waals surface area contributed by atoms with Crippen molar-refractivity contribution in [2.45, 2.75) is 6.92 Å². The number of rotatable bonds is 5. The van der Waals surface area contributed by atoms with E-state index >= 15 is 0 Å². The van der Waals surface area contributed by atoms with Gasteiger partial charge in [0.05, 0.1) is 17.5 Å². The van der Waals surface area contributed by atoms with Gasteiger partial charge in [0.15, 0.2) is 5.76 Å². The van der Waals surface area contributed by atoms with E-state index in [2.05, 4.69) is 26.6 Å². The number of hydrogen-bond donors (Lipinski definition) is 3. The van der Waals surface area contributed by atoms with Crippen molar-refractivity contribution >= 4 is 45.1 Å². The zero-order valence-electron chi connectivity index (χ0n) is 14.7. The van der Waals surface area contributed by atoms with Crippen LogP contribution in [-0.2, 0) is 0 Å². The first-order valence-corrected chi connectivity index (χ1v) is 8.95. The van der Waals surface area contributed by atoms with Crippen LogP contribution in [0.1, 0.15) is 36.8 Å². The van der Waals surface area contributed by atoms with E-state index in [1.807, 2.05) is 0 Å². The molecule has 0 atom stereocenters. The Hall–Kier alpha value is -3.39. The van der Waals surface area contributed by atoms with Gasteiger partial charge >= 0.3 is 5.97 Å². The summed E-state index contributed by atoms with van der Waals surface area (Å²) < 4.78 is 5.43. The number of furan rings is 1. The van der Waals surface area contributed by atoms with Crippen molar-refractivity contribution in [3.8, 4) is 0 Å². The molecule has 28 heavy (non-hydrogen) atoms. The topological polar surface area (TPSA) is 109 Å². The molecule has 8 heteroatoms. The molecule has 2 amide bonds. The smallest absolute Gasteiger partial charge is 0.338 e. The normalized spacial score (nSPS) is 10.4. The van der Waals surface area contributed by atoms with E-state index in [-0.39, 0.29) is 17.0 Å². The van der Waals surface area contributed by atoms with Crippen LogP contribution in [-0.4, -0.2) is 22.9 Å². The lowest BCUT2D eigenvalue weighted by Crippen LogP contribution is -2.16. The van der Waals surface area contributed by atoms with E-state index in [4.69, 9.17) is 4.42 Å². The average molecular weight is 443 g/mol. The Balaban J connectivity index is 1.75. The molecule has 0 unspecified atom stereocenters. The van der Waals surface area contributed by atoms with Gasteiger partial charge < -0.3 is 20.2 Å². The zero-order chi connectivity index (χ0) is 20.3. The molecule has 0 saturated carbocycles. The summed E-state index contributed by atoms with van der Waals surface area (Å²) in [4.78, 5) is 36.0. The molecule has 0 aliphatic heterocycles. The van der Waals surface area contributed by atoms with Crippen molar-refractivity contribution in [3.63, 3.8) is 0 Å². The number of anilines is 2. The van der Waals surface area contributed by atoms with Crippen molar-refractivity contribution in [2.24, 2.45) is 0 Å². The third-order valence-electron chi connectivity index (χ3n) is 3.95. The van der Waals surface area contributed by atoms with Gasteiger partial charge in [-0.05, 0) is 70.9 Å². The summed E-state index contributed by atoms with van der Waals surface area (Å²) in [5.41, 5.74) is 1.71. The Morgan fingerprint density at radius 3 is 2.29 bits per heavy atom. The summed E-state index contributed by atoms with van der Waals surface area (Å²) in [6, 6.07) is 12.6. The van der Waals surface area contributed by atoms with E-state index < -0.39 is 17.8 Å². The van der Waals surface area contributed by atoms with Crippen LogP contribution in [0.25, 0.3) is 0 Å². The third-order valence-corrected chi connectivity index (χ3v) is 4.97. The van der Waals surface area contributed by atoms with Crippen molar-refractivity contribution in [3.05, 3.63) is 81.7 Å². The van der Waals surface area contributed by atoms with Crippen LogP contribution in [0.2, 0.25) is 0 Å². The van der Waals surface area contributed by atoms with E-state index in [1.54, 1.807) is 37.3 Å². The lowest BCUT2D eigenvalue weighted by molar-refractivity contribution is 0.0696. The summed E-state index contributed by atoms with van der Waals surface area (Å²) >= 11 is 3.25. The number of hydrogen-bond acceptors (Lipinski definition) is 4. The molecule has 3 aromatic rings. The molecule has 1 aromatic heterocycles. The number of carbonyl (C=O) groups excluding carboxylic acids is 2. The highest BCUT2D eigenvalue weighted by atomic mass is 79.9. The van der Waals surface area contributed by atoms with Crippen LogP contribution in [0.4, 0.5) is 11.4 Å². The second-order valence-corrected chi connectivity index (χ2v) is 6.68. The average Bonchev–Trinajstić information content (AvgIpc) is 3.20. The molecule has 0 spiro atoms. The van der Waals surface area contributed by atoms with Gasteiger partial charge in [0.25, 0.3) is 11.8 Å². The number of nitrogens with one attached hydrogen (secondary N) is 2. The maximum absolute atomic E-state index is 12.5. The molecule has 0 aliphatic rings. The summed E-state index contributed by atoms with van der Waals surface area (Å²) in [6.45, 7) is 1.76. The summed E-state index contributed by atoms with van der Waals surface area (Å²) in [5, 5.41) is 14.7. The molecular weight excluding hydrogens is 428 g/mol. The Kier molecular flexibility index (Phi) is 5.60. The Morgan fingerprint density at radius 2 is 1.68 bits per heavy atom. The SMILES string of the molecule is Cc1ccc(NC(=O)c2ccc(NC(=O)c3ccco3)cc2)c(C(=O)O)c1Br. The first-order chi connectivity index (χ1) is 13.4. The van der Waals surface area contributed by atoms with Gasteiger partial charge in [-0.2, -0.15) is 0 Å². The van der Waals surface area contributed by atoms with Gasteiger partial charge in [-0.25, -0.2) is 4.79 Å². The van der Waals surface area contributed by atoms with Crippen LogP contribution in [0, 0.1) is 6.92 Å². The summed E-state index contributed by atoms with van der Waals surface area (Å²) in [6.07, 6.45) is 1.40. The second-order valence-electron chi connectivity index (χ2n) is 5.89. The van der Waals surface area contributed by atoms with Crippen LogP contribution < -0.4 is 10.6 Å². The van der Waals surface area contributed by atoms with Crippen LogP contribution in [0.3, 0.4) is 0 Å². The van der Waals surface area contributed by atoms with Gasteiger partial charge in [-0.1, -0.05) is 6.07 Å². The highest BCUT2D eigenvalue weighted by Crippen LogP contribution is 2.28. The molecule has 0 radical (unpaired) electrons. The minimum absolute atomic E-state index is 0.0179. The van der Waals surface area contributed by atoms with Crippen molar-refractivity contribution in [1.29, 1.82) is 0 Å². The number of benzene rings is 2. The molecule has 2 aromatic carbocycles. The fourth-order valence-electron chi connectivity index (χ4n) is 2.49. The second kappa shape index (κ2) is 8.10. The molecule has 1 heterocycles. The summed E-state index contributed by atoms with van der Waals surface area (Å²) in [5.74, 6) is -1.85. The molecule has 3 rings (SSSR count). The molecule has 3 N–H and O–H groups in total. The van der Waals surface area contributed by atoms with E-state index in [9.17, 15) is 19.5 Å². The van der Waals surface area contributed by atoms with E-state index in [1.165, 1.54) is 24.5 Å². The number of aromatic carboxylic acids is 1. The van der Waals surface area contributed by atoms with Crippen molar-refractivity contribution < 1.29 is 23.9 Å². The highest BCUT2D eigenvalue weighted by Gasteiger charge is 2.18. The maximum atomic E-state index is 12.5. The van der Waals surface area contributed by atoms with Gasteiger partial charge in [0.2, 0.25) is 0 Å². The van der Waals surface area contributed by atoms with Gasteiger partial charge in [0, 0.05) is 15.7 Å². The number of carboxylic acids is 1. The lowest BCUT2D eigenvalue weighted by atomic mass is 10.1. The van der Waals surface area contributed by atoms with E-state index in [0.717, 1.165) is 5.56 Å². The fraction of sp³-hybridized carbons (Fsp3) is 0.0500. The number of halogens is 1. The minimum Gasteiger partial charge on any atom is -0.478 e. The largest absolute Gasteiger partial charge is 0.478 e. The first-order valence-electron chi connectivity index (χ1n) is 8.15. The number of amides is 2. The van der Waals surface area contributed by atoms with Crippen molar-refractivity contribution in [1.82, 2.24) is 0 Å². The zero-order valence-corrected chi connectivity index (χ0v) is 16.2. The standard InChI is InChI=1S/C20H15BrN2O5/c1-11-4-9-14(16(17(11)21)20(26)27)23-18(24)12-5-7-13(8-6-12)22-19(25)15-3-2-10-28-15/h2-10H,1H3,(H,22,25)(H,23,24)(H,26,27). The number of carbonyl (C=O) groups is 3. The van der Waals surface area contributed by atoms with E-state index in [0.29, 0.717) is 15.7 Å². The van der Waals surface area contributed by atoms with Gasteiger partial charge in [-0.3, -0.25) is 9.59 Å². The molecule has 0 saturated heterocycles. The molecule has 0 aliphatic carbocycles. The molecule has 0 bridgehead atoms. The summed E-state index contributed by atoms with van der Waals surface area (Å²) in [7, 11) is 0. The first kappa shape index (κ1) is 19.4. The fourth-order valence-corrected chi connectivity index (χ4v) is 3.01. The predicted molar refractivity (Wildman–Crippen MR) is 107 cm³/mol. The van der Waals surface area contributed by atoms with Gasteiger partial charge in [0.1, 0.15) is 0 Å². The maximum Gasteiger partial charge on any atom is 0.338 e. The Bertz CT molecular complexity index is 1040. The van der Waals surface area contributed by atoms with Crippen LogP contribution >= 0.6 is 15.9 Å². The van der Waals surface area contributed by atoms with Crippen LogP contribution in [0.5, 0.6) is 0 Å². The highest BCUT2D eigenvalue weighted by molar-refractivity contribution is 9.10.